The molecule has 3 N–H and O–H groups in total. The Hall–Kier alpha value is -1.52. The van der Waals surface area contributed by atoms with Crippen molar-refractivity contribution in [2.24, 2.45) is 5.41 Å². The number of nitrogens with two attached hydrogens (primary N) is 1. The number of hydrogen-bond acceptors (Lipinski definition) is 3. The van der Waals surface area contributed by atoms with Gasteiger partial charge in [-0.3, -0.25) is 9.48 Å². The fraction of sp³-hybridized carbons (Fsp3) is 0.667. The Morgan fingerprint density at radius 1 is 1.65 bits per heavy atom. The van der Waals surface area contributed by atoms with Crippen LogP contribution in [-0.4, -0.2) is 21.7 Å². The van der Waals surface area contributed by atoms with Crippen molar-refractivity contribution in [1.82, 2.24) is 15.1 Å². The van der Waals surface area contributed by atoms with E-state index in [9.17, 15) is 4.79 Å². The van der Waals surface area contributed by atoms with Crippen molar-refractivity contribution < 1.29 is 4.79 Å². The maximum Gasteiger partial charge on any atom is 0.271 e. The summed E-state index contributed by atoms with van der Waals surface area (Å²) in [5, 5.41) is 7.25. The van der Waals surface area contributed by atoms with Crippen molar-refractivity contribution in [1.29, 1.82) is 0 Å². The van der Waals surface area contributed by atoms with Gasteiger partial charge in [-0.25, -0.2) is 0 Å². The summed E-state index contributed by atoms with van der Waals surface area (Å²) in [5.74, 6) is -0.111. The van der Waals surface area contributed by atoms with Gasteiger partial charge in [0, 0.05) is 12.6 Å². The van der Waals surface area contributed by atoms with Gasteiger partial charge >= 0.3 is 0 Å². The molecule has 5 nitrogen and oxygen atoms in total. The molecule has 1 aliphatic carbocycles. The molecule has 1 aromatic heterocycles. The molecule has 1 aliphatic rings. The van der Waals surface area contributed by atoms with Crippen LogP contribution in [0.2, 0.25) is 0 Å². The van der Waals surface area contributed by atoms with Gasteiger partial charge in [-0.1, -0.05) is 13.8 Å². The molecule has 0 aromatic carbocycles. The topological polar surface area (TPSA) is 72.9 Å². The molecule has 0 bridgehead atoms. The highest BCUT2D eigenvalue weighted by atomic mass is 16.2. The third-order valence-electron chi connectivity index (χ3n) is 3.51. The van der Waals surface area contributed by atoms with E-state index >= 15 is 0 Å². The lowest BCUT2D eigenvalue weighted by molar-refractivity contribution is 0.0936. The monoisotopic (exact) mass is 236 g/mol. The number of aromatic nitrogens is 2. The van der Waals surface area contributed by atoms with Crippen LogP contribution in [-0.2, 0) is 6.54 Å². The molecule has 0 aliphatic heterocycles. The Morgan fingerprint density at radius 2 is 2.24 bits per heavy atom. The molecule has 0 radical (unpaired) electrons. The van der Waals surface area contributed by atoms with Crippen LogP contribution in [0.4, 0.5) is 5.69 Å². The van der Waals surface area contributed by atoms with E-state index in [0.29, 0.717) is 23.6 Å². The van der Waals surface area contributed by atoms with Gasteiger partial charge in [0.15, 0.2) is 0 Å². The van der Waals surface area contributed by atoms with Crippen LogP contribution >= 0.6 is 0 Å². The summed E-state index contributed by atoms with van der Waals surface area (Å²) in [6, 6.07) is 0.259. The highest BCUT2D eigenvalue weighted by Gasteiger charge is 2.47. The number of nitrogens with one attached hydrogen (secondary N) is 1. The summed E-state index contributed by atoms with van der Waals surface area (Å²) < 4.78 is 1.66. The minimum absolute atomic E-state index is 0.111. The van der Waals surface area contributed by atoms with Crippen LogP contribution in [0.25, 0.3) is 0 Å². The van der Waals surface area contributed by atoms with Gasteiger partial charge in [0.05, 0.1) is 11.4 Å². The van der Waals surface area contributed by atoms with E-state index in [-0.39, 0.29) is 17.4 Å². The van der Waals surface area contributed by atoms with E-state index in [1.165, 1.54) is 0 Å². The number of hydrogen-bond donors (Lipinski definition) is 2. The first-order valence-corrected chi connectivity index (χ1v) is 6.00. The van der Waals surface area contributed by atoms with Gasteiger partial charge in [-0.05, 0) is 25.7 Å². The maximum atomic E-state index is 12.1. The van der Waals surface area contributed by atoms with Crippen molar-refractivity contribution in [3.8, 4) is 0 Å². The second kappa shape index (κ2) is 3.75. The number of carbonyl (C=O) groups excluding carboxylic acids is 1. The molecule has 0 saturated heterocycles. The summed E-state index contributed by atoms with van der Waals surface area (Å²) in [6.45, 7) is 8.70. The minimum atomic E-state index is -0.111. The lowest BCUT2D eigenvalue weighted by Gasteiger charge is -2.08. The first-order valence-electron chi connectivity index (χ1n) is 6.00. The third-order valence-corrected chi connectivity index (χ3v) is 3.51. The predicted octanol–water partition coefficient (Wildman–Crippen LogP) is 1.32. The Bertz CT molecular complexity index is 461. The number of nitrogens with zero attached hydrogens (tertiary/aromatic N) is 2. The van der Waals surface area contributed by atoms with E-state index in [2.05, 4.69) is 24.3 Å². The van der Waals surface area contributed by atoms with Crippen LogP contribution in [0, 0.1) is 12.3 Å². The Morgan fingerprint density at radius 3 is 2.71 bits per heavy atom. The molecule has 5 heteroatoms. The van der Waals surface area contributed by atoms with Crippen LogP contribution in [0.1, 0.15) is 43.4 Å². The summed E-state index contributed by atoms with van der Waals surface area (Å²) in [7, 11) is 0. The third kappa shape index (κ3) is 2.01. The smallest absolute Gasteiger partial charge is 0.271 e. The number of rotatable bonds is 3. The molecule has 2 rings (SSSR count). The SMILES string of the molecule is CCn1nc(C)c(N)c1C(=O)NC1CC1(C)C. The summed E-state index contributed by atoms with van der Waals surface area (Å²) in [6.07, 6.45) is 1.03. The zero-order chi connectivity index (χ0) is 12.8. The lowest BCUT2D eigenvalue weighted by atomic mass is 10.2. The minimum Gasteiger partial charge on any atom is -0.395 e. The van der Waals surface area contributed by atoms with Gasteiger partial charge in [0.25, 0.3) is 5.91 Å². The van der Waals surface area contributed by atoms with Gasteiger partial charge in [0.1, 0.15) is 5.69 Å². The van der Waals surface area contributed by atoms with Crippen molar-refractivity contribution in [3.63, 3.8) is 0 Å². The van der Waals surface area contributed by atoms with Gasteiger partial charge in [-0.2, -0.15) is 5.10 Å². The number of aryl methyl sites for hydroxylation is 2. The fourth-order valence-electron chi connectivity index (χ4n) is 2.00. The van der Waals surface area contributed by atoms with Crippen molar-refractivity contribution in [2.45, 2.75) is 46.7 Å². The Balaban J connectivity index is 2.19. The summed E-state index contributed by atoms with van der Waals surface area (Å²) >= 11 is 0. The number of carbonyl (C=O) groups is 1. The summed E-state index contributed by atoms with van der Waals surface area (Å²) in [4.78, 5) is 12.1. The van der Waals surface area contributed by atoms with Crippen LogP contribution < -0.4 is 11.1 Å². The van der Waals surface area contributed by atoms with Crippen molar-refractivity contribution >= 4 is 11.6 Å². The first-order chi connectivity index (χ1) is 7.86. The second-order valence-electron chi connectivity index (χ2n) is 5.38. The molecule has 1 fully saturated rings. The van der Waals surface area contributed by atoms with Crippen LogP contribution in [0.3, 0.4) is 0 Å². The van der Waals surface area contributed by atoms with Crippen molar-refractivity contribution in [3.05, 3.63) is 11.4 Å². The van der Waals surface area contributed by atoms with Crippen LogP contribution in [0.5, 0.6) is 0 Å². The van der Waals surface area contributed by atoms with Gasteiger partial charge in [-0.15, -0.1) is 0 Å². The Kier molecular flexibility index (Phi) is 2.64. The highest BCUT2D eigenvalue weighted by molar-refractivity contribution is 5.98. The number of anilines is 1. The van der Waals surface area contributed by atoms with Gasteiger partial charge < -0.3 is 11.1 Å². The molecule has 94 valence electrons. The fourth-order valence-corrected chi connectivity index (χ4v) is 2.00. The van der Waals surface area contributed by atoms with E-state index in [0.717, 1.165) is 6.42 Å². The molecule has 1 saturated carbocycles. The quantitative estimate of drug-likeness (QED) is 0.831. The van der Waals surface area contributed by atoms with E-state index in [1.807, 2.05) is 13.8 Å². The molecule has 1 heterocycles. The second-order valence-corrected chi connectivity index (χ2v) is 5.38. The molecule has 1 atom stereocenters. The Labute approximate surface area is 101 Å². The van der Waals surface area contributed by atoms with E-state index in [4.69, 9.17) is 5.73 Å². The average Bonchev–Trinajstić information content (AvgIpc) is 2.71. The lowest BCUT2D eigenvalue weighted by Crippen LogP contribution is -2.31. The normalized spacial score (nSPS) is 21.3. The molecule has 0 spiro atoms. The highest BCUT2D eigenvalue weighted by Crippen LogP contribution is 2.44. The van der Waals surface area contributed by atoms with Crippen molar-refractivity contribution in [2.75, 3.05) is 5.73 Å². The molecule has 1 unspecified atom stereocenters. The zero-order valence-electron chi connectivity index (χ0n) is 10.9. The standard InChI is InChI=1S/C12H20N4O/c1-5-16-10(9(13)7(2)15-16)11(17)14-8-6-12(8,3)4/h8H,5-6,13H2,1-4H3,(H,14,17). The van der Waals surface area contributed by atoms with E-state index < -0.39 is 0 Å². The number of nitrogen functional groups attached to an aromatic ring is 1. The molecule has 17 heavy (non-hydrogen) atoms. The predicted molar refractivity (Wildman–Crippen MR) is 66.7 cm³/mol. The molecular weight excluding hydrogens is 216 g/mol. The van der Waals surface area contributed by atoms with E-state index in [1.54, 1.807) is 4.68 Å². The molecule has 1 aromatic rings. The molecule has 1 amide bonds. The van der Waals surface area contributed by atoms with Crippen LogP contribution in [0.15, 0.2) is 0 Å². The zero-order valence-corrected chi connectivity index (χ0v) is 10.9. The first kappa shape index (κ1) is 12.0. The largest absolute Gasteiger partial charge is 0.395 e. The maximum absolute atomic E-state index is 12.1. The summed E-state index contributed by atoms with van der Waals surface area (Å²) in [5.41, 5.74) is 7.82. The van der Waals surface area contributed by atoms with Gasteiger partial charge in [0.2, 0.25) is 0 Å². The number of amides is 1. The average molecular weight is 236 g/mol. The molecular formula is C12H20N4O.